The van der Waals surface area contributed by atoms with E-state index >= 15 is 0 Å². The van der Waals surface area contributed by atoms with Gasteiger partial charge < -0.3 is 19.6 Å². The molecule has 4 heterocycles. The van der Waals surface area contributed by atoms with Crippen LogP contribution in [0.4, 0.5) is 5.82 Å². The highest BCUT2D eigenvalue weighted by atomic mass is 16.5. The van der Waals surface area contributed by atoms with Gasteiger partial charge in [-0.3, -0.25) is 14.5 Å². The minimum Gasteiger partial charge on any atom is -0.390 e. The van der Waals surface area contributed by atoms with Crippen LogP contribution >= 0.6 is 0 Å². The zero-order valence-corrected chi connectivity index (χ0v) is 14.5. The molecule has 9 nitrogen and oxygen atoms in total. The van der Waals surface area contributed by atoms with Crippen LogP contribution in [-0.2, 0) is 24.4 Å². The summed E-state index contributed by atoms with van der Waals surface area (Å²) >= 11 is 0. The molecule has 0 atom stereocenters. The van der Waals surface area contributed by atoms with E-state index in [-0.39, 0.29) is 12.5 Å². The molecular formula is C17H22N6O3. The van der Waals surface area contributed by atoms with Crippen molar-refractivity contribution in [2.45, 2.75) is 26.1 Å². The van der Waals surface area contributed by atoms with Gasteiger partial charge in [0.1, 0.15) is 11.5 Å². The van der Waals surface area contributed by atoms with Gasteiger partial charge in [-0.05, 0) is 12.5 Å². The van der Waals surface area contributed by atoms with Crippen molar-refractivity contribution in [3.8, 4) is 0 Å². The van der Waals surface area contributed by atoms with E-state index in [1.54, 1.807) is 11.1 Å². The lowest BCUT2D eigenvalue weighted by atomic mass is 10.3. The average molecular weight is 358 g/mol. The maximum absolute atomic E-state index is 12.7. The Kier molecular flexibility index (Phi) is 4.81. The van der Waals surface area contributed by atoms with Crippen molar-refractivity contribution >= 4 is 11.7 Å². The quantitative estimate of drug-likeness (QED) is 0.828. The van der Waals surface area contributed by atoms with E-state index in [2.05, 4.69) is 20.0 Å². The lowest BCUT2D eigenvalue weighted by Gasteiger charge is -2.27. The van der Waals surface area contributed by atoms with Gasteiger partial charge in [-0.25, -0.2) is 4.98 Å². The number of aromatic nitrogens is 4. The van der Waals surface area contributed by atoms with Crippen LogP contribution in [0, 0.1) is 0 Å². The van der Waals surface area contributed by atoms with Crippen LogP contribution in [0.25, 0.3) is 0 Å². The van der Waals surface area contributed by atoms with Crippen LogP contribution in [0.5, 0.6) is 0 Å². The van der Waals surface area contributed by atoms with Gasteiger partial charge in [0.15, 0.2) is 0 Å². The maximum atomic E-state index is 12.7. The number of anilines is 1. The number of nitrogens with zero attached hydrogens (tertiary/aromatic N) is 6. The molecule has 0 bridgehead atoms. The SMILES string of the molecule is O=C(c1cncc(N2CCCn3nc(CO)cc3C2)n1)N1CCOCC1. The summed E-state index contributed by atoms with van der Waals surface area (Å²) in [6.07, 6.45) is 4.12. The van der Waals surface area contributed by atoms with Crippen molar-refractivity contribution in [2.75, 3.05) is 37.7 Å². The molecule has 26 heavy (non-hydrogen) atoms. The highest BCUT2D eigenvalue weighted by Crippen LogP contribution is 2.19. The molecule has 0 spiro atoms. The Hall–Kier alpha value is -2.52. The second-order valence-corrected chi connectivity index (χ2v) is 6.45. The van der Waals surface area contributed by atoms with Gasteiger partial charge >= 0.3 is 0 Å². The number of carbonyl (C=O) groups excluding carboxylic acids is 1. The van der Waals surface area contributed by atoms with E-state index in [1.165, 1.54) is 6.20 Å². The lowest BCUT2D eigenvalue weighted by Crippen LogP contribution is -2.41. The number of hydrogen-bond donors (Lipinski definition) is 1. The average Bonchev–Trinajstić information content (AvgIpc) is 2.98. The number of aliphatic hydroxyl groups excluding tert-OH is 1. The third-order valence-corrected chi connectivity index (χ3v) is 4.69. The smallest absolute Gasteiger partial charge is 0.274 e. The number of ether oxygens (including phenoxy) is 1. The lowest BCUT2D eigenvalue weighted by molar-refractivity contribution is 0.0299. The van der Waals surface area contributed by atoms with Crippen LogP contribution in [0.1, 0.15) is 28.3 Å². The van der Waals surface area contributed by atoms with E-state index < -0.39 is 0 Å². The Labute approximate surface area is 151 Å². The Bertz CT molecular complexity index is 787. The molecule has 138 valence electrons. The highest BCUT2D eigenvalue weighted by molar-refractivity contribution is 5.92. The van der Waals surface area contributed by atoms with Crippen molar-refractivity contribution in [2.24, 2.45) is 0 Å². The normalized spacial score (nSPS) is 17.7. The first-order valence-corrected chi connectivity index (χ1v) is 8.85. The number of morpholine rings is 1. The Morgan fingerprint density at radius 2 is 2.04 bits per heavy atom. The summed E-state index contributed by atoms with van der Waals surface area (Å²) in [5.41, 5.74) is 2.06. The van der Waals surface area contributed by atoms with Crippen molar-refractivity contribution in [3.63, 3.8) is 0 Å². The molecule has 0 aromatic carbocycles. The number of carbonyl (C=O) groups is 1. The second kappa shape index (κ2) is 7.38. The number of aryl methyl sites for hydroxylation is 1. The molecule has 2 aliphatic heterocycles. The Morgan fingerprint density at radius 1 is 1.19 bits per heavy atom. The fraction of sp³-hybridized carbons (Fsp3) is 0.529. The molecule has 1 fully saturated rings. The molecule has 1 amide bonds. The summed E-state index contributed by atoms with van der Waals surface area (Å²) < 4.78 is 7.23. The molecule has 9 heteroatoms. The Balaban J connectivity index is 1.54. The molecule has 2 aromatic rings. The second-order valence-electron chi connectivity index (χ2n) is 6.45. The number of amides is 1. The fourth-order valence-corrected chi connectivity index (χ4v) is 3.33. The molecule has 0 unspecified atom stereocenters. The van der Waals surface area contributed by atoms with E-state index in [4.69, 9.17) is 4.74 Å². The Morgan fingerprint density at radius 3 is 2.85 bits per heavy atom. The molecule has 0 radical (unpaired) electrons. The zero-order chi connectivity index (χ0) is 17.9. The number of hydrogen-bond acceptors (Lipinski definition) is 7. The van der Waals surface area contributed by atoms with Gasteiger partial charge in [-0.1, -0.05) is 0 Å². The van der Waals surface area contributed by atoms with Crippen LogP contribution in [-0.4, -0.2) is 68.5 Å². The summed E-state index contributed by atoms with van der Waals surface area (Å²) in [6.45, 7) is 4.44. The first-order chi connectivity index (χ1) is 12.7. The summed E-state index contributed by atoms with van der Waals surface area (Å²) in [5.74, 6) is 0.578. The van der Waals surface area contributed by atoms with Crippen molar-refractivity contribution in [1.29, 1.82) is 0 Å². The summed E-state index contributed by atoms with van der Waals surface area (Å²) in [4.78, 5) is 25.3. The summed E-state index contributed by atoms with van der Waals surface area (Å²) in [7, 11) is 0. The third-order valence-electron chi connectivity index (χ3n) is 4.69. The van der Waals surface area contributed by atoms with Crippen molar-refractivity contribution < 1.29 is 14.6 Å². The van der Waals surface area contributed by atoms with Crippen LogP contribution < -0.4 is 4.90 Å². The number of fused-ring (bicyclic) bond motifs is 1. The molecule has 1 saturated heterocycles. The van der Waals surface area contributed by atoms with Gasteiger partial charge in [-0.2, -0.15) is 5.10 Å². The zero-order valence-electron chi connectivity index (χ0n) is 14.5. The molecule has 2 aromatic heterocycles. The number of rotatable bonds is 3. The third kappa shape index (κ3) is 3.40. The minimum absolute atomic E-state index is 0.0661. The molecule has 0 saturated carbocycles. The van der Waals surface area contributed by atoms with E-state index in [9.17, 15) is 9.90 Å². The van der Waals surface area contributed by atoms with Gasteiger partial charge in [0.25, 0.3) is 5.91 Å². The standard InChI is InChI=1S/C17H22N6O3/c24-12-13-8-14-11-22(2-1-3-23(14)20-13)16-10-18-9-15(19-16)17(25)21-4-6-26-7-5-21/h8-10,24H,1-7,11-12H2. The minimum atomic E-state index is -0.106. The van der Waals surface area contributed by atoms with Gasteiger partial charge in [0, 0.05) is 26.2 Å². The van der Waals surface area contributed by atoms with Gasteiger partial charge in [0.2, 0.25) is 0 Å². The predicted molar refractivity (Wildman–Crippen MR) is 92.6 cm³/mol. The van der Waals surface area contributed by atoms with Gasteiger partial charge in [-0.15, -0.1) is 0 Å². The van der Waals surface area contributed by atoms with Crippen LogP contribution in [0.15, 0.2) is 18.5 Å². The van der Waals surface area contributed by atoms with Crippen molar-refractivity contribution in [1.82, 2.24) is 24.6 Å². The van der Waals surface area contributed by atoms with Crippen LogP contribution in [0.3, 0.4) is 0 Å². The summed E-state index contributed by atoms with van der Waals surface area (Å²) in [5, 5.41) is 13.7. The molecule has 2 aliphatic rings. The van der Waals surface area contributed by atoms with Crippen LogP contribution in [0.2, 0.25) is 0 Å². The monoisotopic (exact) mass is 358 g/mol. The largest absolute Gasteiger partial charge is 0.390 e. The highest BCUT2D eigenvalue weighted by Gasteiger charge is 2.22. The van der Waals surface area contributed by atoms with E-state index in [0.717, 1.165) is 25.2 Å². The number of aliphatic hydroxyl groups is 1. The first kappa shape index (κ1) is 16.9. The molecule has 1 N–H and O–H groups in total. The van der Waals surface area contributed by atoms with E-state index in [1.807, 2.05) is 10.7 Å². The van der Waals surface area contributed by atoms with Gasteiger partial charge in [0.05, 0.1) is 50.1 Å². The maximum Gasteiger partial charge on any atom is 0.274 e. The predicted octanol–water partition coefficient (Wildman–Crippen LogP) is 0.0481. The summed E-state index contributed by atoms with van der Waals surface area (Å²) in [6, 6.07) is 1.91. The molecular weight excluding hydrogens is 336 g/mol. The first-order valence-electron chi connectivity index (χ1n) is 8.85. The van der Waals surface area contributed by atoms with Crippen molar-refractivity contribution in [3.05, 3.63) is 35.5 Å². The molecule has 4 rings (SSSR count). The topological polar surface area (TPSA) is 96.6 Å². The fourth-order valence-electron chi connectivity index (χ4n) is 3.33. The van der Waals surface area contributed by atoms with E-state index in [0.29, 0.717) is 50.1 Å². The molecule has 0 aliphatic carbocycles.